The molecule has 1 saturated heterocycles. The molecule has 23 heavy (non-hydrogen) atoms. The molecule has 2 heterocycles. The lowest BCUT2D eigenvalue weighted by Gasteiger charge is -2.33. The van der Waals surface area contributed by atoms with Crippen molar-refractivity contribution in [2.75, 3.05) is 31.2 Å². The number of halogens is 1. The SMILES string of the molecule is Cc1ccc(SOCC2CN(c3cc(Br)ccn3)CCO2)cc1. The van der Waals surface area contributed by atoms with Gasteiger partial charge in [-0.05, 0) is 31.2 Å². The largest absolute Gasteiger partial charge is 0.372 e. The van der Waals surface area contributed by atoms with E-state index in [4.69, 9.17) is 8.92 Å². The first kappa shape index (κ1) is 16.8. The van der Waals surface area contributed by atoms with E-state index in [0.29, 0.717) is 13.2 Å². The van der Waals surface area contributed by atoms with Crippen LogP contribution in [0.25, 0.3) is 0 Å². The Morgan fingerprint density at radius 1 is 1.35 bits per heavy atom. The predicted molar refractivity (Wildman–Crippen MR) is 96.9 cm³/mol. The lowest BCUT2D eigenvalue weighted by atomic mass is 10.2. The van der Waals surface area contributed by atoms with Crippen molar-refractivity contribution in [1.82, 2.24) is 4.98 Å². The molecule has 0 bridgehead atoms. The first-order chi connectivity index (χ1) is 11.2. The van der Waals surface area contributed by atoms with Gasteiger partial charge in [-0.15, -0.1) is 0 Å². The first-order valence-electron chi connectivity index (χ1n) is 7.55. The Labute approximate surface area is 149 Å². The molecule has 3 rings (SSSR count). The van der Waals surface area contributed by atoms with Crippen LogP contribution in [-0.2, 0) is 8.92 Å². The molecule has 6 heteroatoms. The smallest absolute Gasteiger partial charge is 0.129 e. The molecule has 0 N–H and O–H groups in total. The van der Waals surface area contributed by atoms with Gasteiger partial charge in [0.05, 0.1) is 19.3 Å². The highest BCUT2D eigenvalue weighted by atomic mass is 79.9. The van der Waals surface area contributed by atoms with Crippen LogP contribution in [0.15, 0.2) is 52.0 Å². The highest BCUT2D eigenvalue weighted by molar-refractivity contribution is 9.10. The van der Waals surface area contributed by atoms with Gasteiger partial charge in [-0.3, -0.25) is 0 Å². The lowest BCUT2D eigenvalue weighted by Crippen LogP contribution is -2.44. The van der Waals surface area contributed by atoms with Gasteiger partial charge in [-0.1, -0.05) is 33.6 Å². The molecule has 0 amide bonds. The number of aryl methyl sites for hydroxylation is 1. The Hall–Kier alpha value is -1.08. The highest BCUT2D eigenvalue weighted by Gasteiger charge is 2.22. The van der Waals surface area contributed by atoms with Gasteiger partial charge in [0.2, 0.25) is 0 Å². The molecule has 1 aliphatic rings. The number of hydrogen-bond acceptors (Lipinski definition) is 5. The maximum atomic E-state index is 5.80. The first-order valence-corrected chi connectivity index (χ1v) is 9.08. The molecule has 1 atom stereocenters. The van der Waals surface area contributed by atoms with Crippen LogP contribution in [0.4, 0.5) is 5.82 Å². The summed E-state index contributed by atoms with van der Waals surface area (Å²) in [5.41, 5.74) is 1.25. The molecule has 4 nitrogen and oxygen atoms in total. The van der Waals surface area contributed by atoms with E-state index in [1.165, 1.54) is 17.6 Å². The van der Waals surface area contributed by atoms with Crippen molar-refractivity contribution in [1.29, 1.82) is 0 Å². The molecule has 1 aromatic heterocycles. The lowest BCUT2D eigenvalue weighted by molar-refractivity contribution is 0.0146. The summed E-state index contributed by atoms with van der Waals surface area (Å²) in [6.07, 6.45) is 1.87. The monoisotopic (exact) mass is 394 g/mol. The standard InChI is InChI=1S/C17H19BrN2O2S/c1-13-2-4-16(5-3-13)23-22-12-15-11-20(8-9-21-15)17-10-14(18)6-7-19-17/h2-7,10,15H,8-9,11-12H2,1H3. The average Bonchev–Trinajstić information content (AvgIpc) is 2.57. The van der Waals surface area contributed by atoms with E-state index in [1.54, 1.807) is 0 Å². The zero-order chi connectivity index (χ0) is 16.1. The topological polar surface area (TPSA) is 34.6 Å². The molecule has 2 aromatic rings. The van der Waals surface area contributed by atoms with Crippen LogP contribution in [-0.4, -0.2) is 37.4 Å². The van der Waals surface area contributed by atoms with Gasteiger partial charge >= 0.3 is 0 Å². The third-order valence-corrected chi connectivity index (χ3v) is 4.81. The van der Waals surface area contributed by atoms with Crippen LogP contribution < -0.4 is 4.90 Å². The molecule has 1 aliphatic heterocycles. The van der Waals surface area contributed by atoms with E-state index >= 15 is 0 Å². The van der Waals surface area contributed by atoms with Gasteiger partial charge in [0.15, 0.2) is 0 Å². The normalized spacial score (nSPS) is 18.2. The Kier molecular flexibility index (Phi) is 5.94. The molecule has 1 unspecified atom stereocenters. The minimum absolute atomic E-state index is 0.0579. The van der Waals surface area contributed by atoms with Crippen LogP contribution in [0.1, 0.15) is 5.56 Å². The van der Waals surface area contributed by atoms with Gasteiger partial charge in [0.25, 0.3) is 0 Å². The second-order valence-corrected chi connectivity index (χ2v) is 7.24. The minimum Gasteiger partial charge on any atom is -0.372 e. The van der Waals surface area contributed by atoms with Crippen LogP contribution in [0.3, 0.4) is 0 Å². The number of aromatic nitrogens is 1. The van der Waals surface area contributed by atoms with Crippen LogP contribution in [0, 0.1) is 6.92 Å². The summed E-state index contributed by atoms with van der Waals surface area (Å²) in [6, 6.07) is 12.3. The molecular weight excluding hydrogens is 376 g/mol. The Morgan fingerprint density at radius 2 is 2.17 bits per heavy atom. The molecule has 0 aliphatic carbocycles. The van der Waals surface area contributed by atoms with Gasteiger partial charge in [0, 0.05) is 40.7 Å². The molecule has 1 fully saturated rings. The molecular formula is C17H19BrN2O2S. The van der Waals surface area contributed by atoms with Crippen LogP contribution in [0.5, 0.6) is 0 Å². The fourth-order valence-electron chi connectivity index (χ4n) is 2.37. The van der Waals surface area contributed by atoms with Crippen molar-refractivity contribution in [3.8, 4) is 0 Å². The van der Waals surface area contributed by atoms with Crippen molar-refractivity contribution in [3.63, 3.8) is 0 Å². The molecule has 0 saturated carbocycles. The Balaban J connectivity index is 1.49. The molecule has 122 valence electrons. The Morgan fingerprint density at radius 3 is 2.96 bits per heavy atom. The van der Waals surface area contributed by atoms with E-state index < -0.39 is 0 Å². The summed E-state index contributed by atoms with van der Waals surface area (Å²) in [5.74, 6) is 0.971. The fraction of sp³-hybridized carbons (Fsp3) is 0.353. The number of rotatable bonds is 5. The summed E-state index contributed by atoms with van der Waals surface area (Å²) in [7, 11) is 0. The third kappa shape index (κ3) is 4.94. The summed E-state index contributed by atoms with van der Waals surface area (Å²) in [5, 5.41) is 0. The second-order valence-electron chi connectivity index (χ2n) is 5.45. The van der Waals surface area contributed by atoms with Gasteiger partial charge in [-0.25, -0.2) is 4.98 Å². The van der Waals surface area contributed by atoms with Crippen molar-refractivity contribution in [2.45, 2.75) is 17.9 Å². The van der Waals surface area contributed by atoms with E-state index in [0.717, 1.165) is 28.3 Å². The highest BCUT2D eigenvalue weighted by Crippen LogP contribution is 2.22. The van der Waals surface area contributed by atoms with E-state index in [1.807, 2.05) is 18.3 Å². The predicted octanol–water partition coefficient (Wildman–Crippen LogP) is 4.08. The number of anilines is 1. The number of morpholine rings is 1. The average molecular weight is 395 g/mol. The van der Waals surface area contributed by atoms with Crippen LogP contribution in [0.2, 0.25) is 0 Å². The number of pyridine rings is 1. The quantitative estimate of drug-likeness (QED) is 0.713. The fourth-order valence-corrected chi connectivity index (χ4v) is 3.29. The van der Waals surface area contributed by atoms with Gasteiger partial charge in [-0.2, -0.15) is 0 Å². The second kappa shape index (κ2) is 8.15. The van der Waals surface area contributed by atoms with Gasteiger partial charge in [0.1, 0.15) is 5.82 Å². The third-order valence-electron chi connectivity index (χ3n) is 3.60. The molecule has 0 spiro atoms. The van der Waals surface area contributed by atoms with E-state index in [-0.39, 0.29) is 6.10 Å². The maximum Gasteiger partial charge on any atom is 0.129 e. The summed E-state index contributed by atoms with van der Waals surface area (Å²) < 4.78 is 12.6. The number of nitrogens with zero attached hydrogens (tertiary/aromatic N) is 2. The van der Waals surface area contributed by atoms with Crippen molar-refractivity contribution < 1.29 is 8.92 Å². The number of benzene rings is 1. The number of ether oxygens (including phenoxy) is 1. The molecule has 0 radical (unpaired) electrons. The summed E-state index contributed by atoms with van der Waals surface area (Å²) in [6.45, 7) is 4.97. The van der Waals surface area contributed by atoms with Gasteiger partial charge < -0.3 is 13.8 Å². The Bertz CT molecular complexity index is 639. The van der Waals surface area contributed by atoms with Crippen molar-refractivity contribution in [3.05, 3.63) is 52.6 Å². The zero-order valence-electron chi connectivity index (χ0n) is 12.9. The van der Waals surface area contributed by atoms with Crippen LogP contribution >= 0.6 is 28.0 Å². The zero-order valence-corrected chi connectivity index (χ0v) is 15.3. The maximum absolute atomic E-state index is 5.80. The van der Waals surface area contributed by atoms with Crippen molar-refractivity contribution >= 4 is 33.8 Å². The summed E-state index contributed by atoms with van der Waals surface area (Å²) >= 11 is 4.89. The van der Waals surface area contributed by atoms with E-state index in [9.17, 15) is 0 Å². The number of hydrogen-bond donors (Lipinski definition) is 0. The van der Waals surface area contributed by atoms with E-state index in [2.05, 4.69) is 57.0 Å². The minimum atomic E-state index is 0.0579. The molecule has 1 aromatic carbocycles. The van der Waals surface area contributed by atoms with Crippen molar-refractivity contribution in [2.24, 2.45) is 0 Å². The summed E-state index contributed by atoms with van der Waals surface area (Å²) in [4.78, 5) is 7.77.